The molecule has 2 heterocycles. The third-order valence-corrected chi connectivity index (χ3v) is 7.61. The number of carbonyl (C=O) groups excluding carboxylic acids is 1. The Morgan fingerprint density at radius 2 is 1.88 bits per heavy atom. The Morgan fingerprint density at radius 1 is 1.12 bits per heavy atom. The minimum Gasteiger partial charge on any atom is -0.387 e. The molecule has 0 radical (unpaired) electrons. The number of amidine groups is 1. The molecule has 1 aliphatic heterocycles. The summed E-state index contributed by atoms with van der Waals surface area (Å²) in [6.07, 6.45) is 10.8. The first-order chi connectivity index (χ1) is 15.4. The number of nitrogens with zero attached hydrogens (tertiary/aromatic N) is 2. The lowest BCUT2D eigenvalue weighted by Gasteiger charge is -2.34. The Balaban J connectivity index is 1.43. The Labute approximate surface area is 191 Å². The van der Waals surface area contributed by atoms with E-state index in [2.05, 4.69) is 18.7 Å². The maximum Gasteiger partial charge on any atom is 0.159 e. The summed E-state index contributed by atoms with van der Waals surface area (Å²) in [6, 6.07) is 13.3. The molecule has 4 atom stereocenters. The molecule has 5 nitrogen and oxygen atoms in total. The van der Waals surface area contributed by atoms with Crippen LogP contribution in [-0.2, 0) is 4.79 Å². The number of nitrogens with two attached hydrogens (primary N) is 1. The molecule has 0 bridgehead atoms. The number of nitrogens with one attached hydrogen (secondary N) is 1. The van der Waals surface area contributed by atoms with Crippen LogP contribution in [0.1, 0.15) is 70.4 Å². The zero-order valence-corrected chi connectivity index (χ0v) is 19.4. The lowest BCUT2D eigenvalue weighted by molar-refractivity contribution is -0.126. The van der Waals surface area contributed by atoms with Crippen LogP contribution in [0.25, 0.3) is 10.9 Å². The molecule has 3 N–H and O–H groups in total. The largest absolute Gasteiger partial charge is 0.387 e. The first-order valence-corrected chi connectivity index (χ1v) is 12.1. The van der Waals surface area contributed by atoms with Crippen molar-refractivity contribution in [3.8, 4) is 0 Å². The lowest BCUT2D eigenvalue weighted by atomic mass is 9.68. The Bertz CT molecular complexity index is 1010. The molecule has 32 heavy (non-hydrogen) atoms. The van der Waals surface area contributed by atoms with E-state index in [-0.39, 0.29) is 17.5 Å². The second-order valence-corrected chi connectivity index (χ2v) is 9.69. The fourth-order valence-electron chi connectivity index (χ4n) is 5.56. The molecular formula is C27H36N4O. The number of aromatic nitrogens is 1. The average molecular weight is 433 g/mol. The molecule has 1 fully saturated rings. The number of allylic oxidation sites excluding steroid dienone is 1. The van der Waals surface area contributed by atoms with Gasteiger partial charge in [-0.2, -0.15) is 0 Å². The van der Waals surface area contributed by atoms with Crippen molar-refractivity contribution in [2.24, 2.45) is 11.1 Å². The molecule has 1 aliphatic carbocycles. The summed E-state index contributed by atoms with van der Waals surface area (Å²) in [6.45, 7) is 5.75. The van der Waals surface area contributed by atoms with Crippen LogP contribution in [0.3, 0.4) is 0 Å². The van der Waals surface area contributed by atoms with Gasteiger partial charge in [0.2, 0.25) is 0 Å². The predicted molar refractivity (Wildman–Crippen MR) is 131 cm³/mol. The summed E-state index contributed by atoms with van der Waals surface area (Å²) in [4.78, 5) is 21.0. The van der Waals surface area contributed by atoms with E-state index >= 15 is 0 Å². The average Bonchev–Trinajstić information content (AvgIpc) is 3.11. The highest BCUT2D eigenvalue weighted by atomic mass is 16.1. The van der Waals surface area contributed by atoms with Crippen molar-refractivity contribution in [2.75, 3.05) is 6.54 Å². The van der Waals surface area contributed by atoms with Crippen LogP contribution in [0.15, 0.2) is 48.6 Å². The van der Waals surface area contributed by atoms with Gasteiger partial charge in [0.05, 0.1) is 17.1 Å². The van der Waals surface area contributed by atoms with Crippen molar-refractivity contribution in [1.29, 1.82) is 5.41 Å². The number of Topliss-reactive ketones (excluding diaryl/α,β-unsaturated/α-hetero) is 1. The number of hydrogen-bond donors (Lipinski definition) is 2. The standard InChI is InChI=1S/C27H36N4O/c1-19-12-13-20(2)31(19)18-7-3-6-16-27(26(28)29)17-8-10-22(25(27)32)24-15-14-21-9-4-5-11-23(21)30-24/h4-5,8-9,11,14-15,17,19-20,22H,3,6-7,10,12-13,16,18H2,1-2H3,(H3,28,29). The van der Waals surface area contributed by atoms with E-state index in [1.807, 2.05) is 48.6 Å². The first kappa shape index (κ1) is 22.7. The number of benzene rings is 1. The molecule has 2 aliphatic rings. The van der Waals surface area contributed by atoms with Crippen molar-refractivity contribution in [3.05, 3.63) is 54.2 Å². The summed E-state index contributed by atoms with van der Waals surface area (Å²) in [7, 11) is 0. The van der Waals surface area contributed by atoms with Gasteiger partial charge < -0.3 is 5.73 Å². The van der Waals surface area contributed by atoms with E-state index in [1.165, 1.54) is 12.8 Å². The topological polar surface area (TPSA) is 83.1 Å². The van der Waals surface area contributed by atoms with E-state index in [0.717, 1.165) is 42.4 Å². The molecule has 0 saturated carbocycles. The second-order valence-electron chi connectivity index (χ2n) is 9.69. The highest BCUT2D eigenvalue weighted by Crippen LogP contribution is 2.40. The Morgan fingerprint density at radius 3 is 2.62 bits per heavy atom. The van der Waals surface area contributed by atoms with Crippen molar-refractivity contribution in [3.63, 3.8) is 0 Å². The minimum atomic E-state index is -0.996. The maximum atomic E-state index is 13.7. The molecule has 170 valence electrons. The molecule has 2 aromatic rings. The summed E-state index contributed by atoms with van der Waals surface area (Å²) in [5.74, 6) is -0.358. The van der Waals surface area contributed by atoms with Gasteiger partial charge in [0, 0.05) is 17.5 Å². The van der Waals surface area contributed by atoms with E-state index in [4.69, 9.17) is 16.1 Å². The smallest absolute Gasteiger partial charge is 0.159 e. The van der Waals surface area contributed by atoms with E-state index in [0.29, 0.717) is 24.9 Å². The number of pyridine rings is 1. The van der Waals surface area contributed by atoms with Gasteiger partial charge in [-0.15, -0.1) is 0 Å². The third-order valence-electron chi connectivity index (χ3n) is 7.61. The number of fused-ring (bicyclic) bond motifs is 1. The highest BCUT2D eigenvalue weighted by molar-refractivity contribution is 6.11. The number of rotatable bonds is 8. The zero-order valence-electron chi connectivity index (χ0n) is 19.4. The zero-order chi connectivity index (χ0) is 22.7. The number of carbonyl (C=O) groups is 1. The van der Waals surface area contributed by atoms with Gasteiger partial charge in [-0.05, 0) is 64.6 Å². The summed E-state index contributed by atoms with van der Waals surface area (Å²) in [5.41, 5.74) is 6.73. The van der Waals surface area contributed by atoms with Gasteiger partial charge in [0.15, 0.2) is 5.78 Å². The summed E-state index contributed by atoms with van der Waals surface area (Å²) < 4.78 is 0. The molecule has 0 spiro atoms. The van der Waals surface area contributed by atoms with Gasteiger partial charge in [-0.1, -0.05) is 49.3 Å². The molecule has 5 heteroatoms. The van der Waals surface area contributed by atoms with Crippen molar-refractivity contribution in [1.82, 2.24) is 9.88 Å². The monoisotopic (exact) mass is 432 g/mol. The predicted octanol–water partition coefficient (Wildman–Crippen LogP) is 5.20. The molecule has 0 amide bonds. The number of hydrogen-bond acceptors (Lipinski definition) is 4. The number of ketones is 1. The van der Waals surface area contributed by atoms with Crippen LogP contribution in [0.4, 0.5) is 0 Å². The second kappa shape index (κ2) is 9.53. The normalized spacial score (nSPS) is 28.4. The Kier molecular flexibility index (Phi) is 6.75. The minimum absolute atomic E-state index is 0.0251. The summed E-state index contributed by atoms with van der Waals surface area (Å²) in [5, 5.41) is 9.36. The number of likely N-dealkylation sites (tertiary alicyclic amines) is 1. The molecule has 1 saturated heterocycles. The van der Waals surface area contributed by atoms with Crippen molar-refractivity contribution in [2.45, 2.75) is 76.8 Å². The molecule has 4 unspecified atom stereocenters. The maximum absolute atomic E-state index is 13.7. The molecule has 4 rings (SSSR count). The van der Waals surface area contributed by atoms with Crippen molar-refractivity contribution >= 4 is 22.5 Å². The fraction of sp³-hybridized carbons (Fsp3) is 0.519. The molecule has 1 aromatic carbocycles. The van der Waals surface area contributed by atoms with Gasteiger partial charge in [0.25, 0.3) is 0 Å². The van der Waals surface area contributed by atoms with E-state index < -0.39 is 5.41 Å². The van der Waals surface area contributed by atoms with Gasteiger partial charge in [-0.3, -0.25) is 20.1 Å². The SMILES string of the molecule is CC1CCC(C)N1CCCCCC1(C(=N)N)C=CCC(c2ccc3ccccc3n2)C1=O. The van der Waals surface area contributed by atoms with E-state index in [9.17, 15) is 4.79 Å². The van der Waals surface area contributed by atoms with Crippen molar-refractivity contribution < 1.29 is 4.79 Å². The van der Waals surface area contributed by atoms with Crippen LogP contribution in [-0.4, -0.2) is 40.1 Å². The number of para-hydroxylation sites is 1. The quantitative estimate of drug-likeness (QED) is 0.260. The fourth-order valence-corrected chi connectivity index (χ4v) is 5.56. The first-order valence-electron chi connectivity index (χ1n) is 12.1. The van der Waals surface area contributed by atoms with Crippen LogP contribution >= 0.6 is 0 Å². The highest BCUT2D eigenvalue weighted by Gasteiger charge is 2.45. The third kappa shape index (κ3) is 4.36. The van der Waals surface area contributed by atoms with Crippen LogP contribution in [0.2, 0.25) is 0 Å². The van der Waals surface area contributed by atoms with Crippen LogP contribution in [0.5, 0.6) is 0 Å². The van der Waals surface area contributed by atoms with E-state index in [1.54, 1.807) is 0 Å². The molecule has 1 aromatic heterocycles. The van der Waals surface area contributed by atoms with Gasteiger partial charge >= 0.3 is 0 Å². The molecular weight excluding hydrogens is 396 g/mol. The van der Waals surface area contributed by atoms with Crippen LogP contribution in [0, 0.1) is 10.8 Å². The van der Waals surface area contributed by atoms with Gasteiger partial charge in [0.1, 0.15) is 11.3 Å². The lowest BCUT2D eigenvalue weighted by Crippen LogP contribution is -2.46. The Hall–Kier alpha value is -2.53. The van der Waals surface area contributed by atoms with Gasteiger partial charge in [-0.25, -0.2) is 0 Å². The van der Waals surface area contributed by atoms with Crippen LogP contribution < -0.4 is 5.73 Å². The number of unbranched alkanes of at least 4 members (excludes halogenated alkanes) is 2. The summed E-state index contributed by atoms with van der Waals surface area (Å²) >= 11 is 0.